The Hall–Kier alpha value is -1.39. The number of carbonyl (C=O) groups is 1. The van der Waals surface area contributed by atoms with E-state index in [4.69, 9.17) is 11.6 Å². The van der Waals surface area contributed by atoms with E-state index in [9.17, 15) is 4.79 Å². The molecule has 0 saturated heterocycles. The lowest BCUT2D eigenvalue weighted by molar-refractivity contribution is 0.0992. The number of rotatable bonds is 2. The number of aromatic nitrogens is 1. The summed E-state index contributed by atoms with van der Waals surface area (Å²) in [5, 5.41) is 0.588. The van der Waals surface area contributed by atoms with Gasteiger partial charge in [0.15, 0.2) is 0 Å². The number of carbonyl (C=O) groups excluding carboxylic acids is 1. The third kappa shape index (κ3) is 2.71. The van der Waals surface area contributed by atoms with E-state index in [2.05, 4.69) is 20.9 Å². The first-order chi connectivity index (χ1) is 8.59. The molecule has 0 fully saturated rings. The second-order valence-electron chi connectivity index (χ2n) is 3.69. The smallest absolute Gasteiger partial charge is 0.259 e. The molecule has 0 saturated carbocycles. The lowest BCUT2D eigenvalue weighted by atomic mass is 10.2. The highest BCUT2D eigenvalue weighted by molar-refractivity contribution is 9.10. The van der Waals surface area contributed by atoms with Gasteiger partial charge in [-0.25, -0.2) is 0 Å². The van der Waals surface area contributed by atoms with Crippen LogP contribution in [-0.2, 0) is 0 Å². The Morgan fingerprint density at radius 2 is 1.94 bits per heavy atom. The highest BCUT2D eigenvalue weighted by Gasteiger charge is 2.16. The molecule has 5 heteroatoms. The molecule has 0 N–H and O–H groups in total. The Bertz CT molecular complexity index is 574. The second-order valence-corrected chi connectivity index (χ2v) is 4.98. The summed E-state index contributed by atoms with van der Waals surface area (Å²) in [6.45, 7) is 0. The van der Waals surface area contributed by atoms with Gasteiger partial charge in [-0.05, 0) is 46.3 Å². The molecule has 1 aromatic heterocycles. The van der Waals surface area contributed by atoms with Gasteiger partial charge in [-0.3, -0.25) is 9.78 Å². The summed E-state index contributed by atoms with van der Waals surface area (Å²) < 4.78 is 0.681. The number of benzene rings is 1. The molecule has 0 aliphatic rings. The highest BCUT2D eigenvalue weighted by atomic mass is 79.9. The number of nitrogens with zero attached hydrogens (tertiary/aromatic N) is 2. The van der Waals surface area contributed by atoms with Gasteiger partial charge < -0.3 is 4.90 Å². The number of anilines is 1. The van der Waals surface area contributed by atoms with Gasteiger partial charge in [0.25, 0.3) is 5.91 Å². The first-order valence-corrected chi connectivity index (χ1v) is 6.40. The average molecular weight is 326 g/mol. The summed E-state index contributed by atoms with van der Waals surface area (Å²) in [6.07, 6.45) is 3.30. The number of hydrogen-bond acceptors (Lipinski definition) is 2. The van der Waals surface area contributed by atoms with Crippen molar-refractivity contribution in [2.24, 2.45) is 0 Å². The van der Waals surface area contributed by atoms with Gasteiger partial charge in [-0.2, -0.15) is 0 Å². The molecule has 2 rings (SSSR count). The fourth-order valence-corrected chi connectivity index (χ4v) is 2.38. The van der Waals surface area contributed by atoms with E-state index < -0.39 is 0 Å². The molecule has 0 unspecified atom stereocenters. The predicted molar refractivity (Wildman–Crippen MR) is 76.1 cm³/mol. The molecular weight excluding hydrogens is 316 g/mol. The lowest BCUT2D eigenvalue weighted by Gasteiger charge is -2.17. The van der Waals surface area contributed by atoms with Crippen molar-refractivity contribution in [2.75, 3.05) is 11.9 Å². The standard InChI is InChI=1S/C13H10BrClN2O/c1-17(10-4-6-16-7-5-10)13(18)11-3-2-9(15)8-12(11)14/h2-8H,1H3. The molecule has 0 aliphatic carbocycles. The molecule has 2 aromatic rings. The van der Waals surface area contributed by atoms with Crippen molar-refractivity contribution >= 4 is 39.1 Å². The van der Waals surface area contributed by atoms with Gasteiger partial charge in [0.2, 0.25) is 0 Å². The van der Waals surface area contributed by atoms with E-state index >= 15 is 0 Å². The molecule has 0 spiro atoms. The minimum absolute atomic E-state index is 0.107. The molecule has 0 bridgehead atoms. The maximum absolute atomic E-state index is 12.3. The molecule has 0 aliphatic heterocycles. The molecule has 92 valence electrons. The van der Waals surface area contributed by atoms with Gasteiger partial charge in [0.1, 0.15) is 0 Å². The summed E-state index contributed by atoms with van der Waals surface area (Å²) in [4.78, 5) is 17.8. The zero-order valence-electron chi connectivity index (χ0n) is 9.60. The number of pyridine rings is 1. The van der Waals surface area contributed by atoms with Gasteiger partial charge in [-0.15, -0.1) is 0 Å². The van der Waals surface area contributed by atoms with E-state index in [1.807, 2.05) is 0 Å². The Morgan fingerprint density at radius 1 is 1.28 bits per heavy atom. The largest absolute Gasteiger partial charge is 0.311 e. The molecule has 1 heterocycles. The average Bonchev–Trinajstić information content (AvgIpc) is 2.38. The number of amides is 1. The molecule has 1 amide bonds. The minimum Gasteiger partial charge on any atom is -0.311 e. The van der Waals surface area contributed by atoms with Gasteiger partial charge >= 0.3 is 0 Å². The Kier molecular flexibility index (Phi) is 3.99. The first-order valence-electron chi connectivity index (χ1n) is 5.22. The summed E-state index contributed by atoms with van der Waals surface area (Å²) in [5.74, 6) is -0.107. The topological polar surface area (TPSA) is 33.2 Å². The van der Waals surface area contributed by atoms with E-state index in [0.29, 0.717) is 15.1 Å². The normalized spacial score (nSPS) is 10.2. The van der Waals surface area contributed by atoms with Crippen molar-refractivity contribution in [3.8, 4) is 0 Å². The van der Waals surface area contributed by atoms with Crippen LogP contribution in [0.4, 0.5) is 5.69 Å². The van der Waals surface area contributed by atoms with Crippen LogP contribution in [0.3, 0.4) is 0 Å². The third-order valence-corrected chi connectivity index (χ3v) is 3.41. The SMILES string of the molecule is CN(C(=O)c1ccc(Cl)cc1Br)c1ccncc1. The monoisotopic (exact) mass is 324 g/mol. The van der Waals surface area contributed by atoms with E-state index in [0.717, 1.165) is 5.69 Å². The zero-order valence-corrected chi connectivity index (χ0v) is 11.9. The fourth-order valence-electron chi connectivity index (χ4n) is 1.53. The van der Waals surface area contributed by atoms with Crippen LogP contribution in [0, 0.1) is 0 Å². The Morgan fingerprint density at radius 3 is 2.56 bits per heavy atom. The van der Waals surface area contributed by atoms with Gasteiger partial charge in [-0.1, -0.05) is 11.6 Å². The summed E-state index contributed by atoms with van der Waals surface area (Å²) in [7, 11) is 1.72. The van der Waals surface area contributed by atoms with Crippen molar-refractivity contribution in [1.82, 2.24) is 4.98 Å². The maximum atomic E-state index is 12.3. The minimum atomic E-state index is -0.107. The summed E-state index contributed by atoms with van der Waals surface area (Å²) >= 11 is 9.20. The van der Waals surface area contributed by atoms with Gasteiger partial charge in [0.05, 0.1) is 5.56 Å². The van der Waals surface area contributed by atoms with Crippen molar-refractivity contribution < 1.29 is 4.79 Å². The molecule has 0 radical (unpaired) electrons. The molecule has 1 aromatic carbocycles. The fraction of sp³-hybridized carbons (Fsp3) is 0.0769. The highest BCUT2D eigenvalue weighted by Crippen LogP contribution is 2.24. The van der Waals surface area contributed by atoms with Crippen molar-refractivity contribution in [1.29, 1.82) is 0 Å². The quantitative estimate of drug-likeness (QED) is 0.842. The number of halogens is 2. The van der Waals surface area contributed by atoms with Crippen LogP contribution in [0.5, 0.6) is 0 Å². The van der Waals surface area contributed by atoms with Crippen LogP contribution >= 0.6 is 27.5 Å². The van der Waals surface area contributed by atoms with Crippen LogP contribution in [0.15, 0.2) is 47.2 Å². The lowest BCUT2D eigenvalue weighted by Crippen LogP contribution is -2.26. The van der Waals surface area contributed by atoms with Crippen molar-refractivity contribution in [3.05, 3.63) is 57.8 Å². The Labute approximate surface area is 119 Å². The first kappa shape index (κ1) is 13.1. The Balaban J connectivity index is 2.32. The van der Waals surface area contributed by atoms with E-state index in [-0.39, 0.29) is 5.91 Å². The van der Waals surface area contributed by atoms with Crippen LogP contribution in [0.2, 0.25) is 5.02 Å². The summed E-state index contributed by atoms with van der Waals surface area (Å²) in [6, 6.07) is 8.66. The molecule has 0 atom stereocenters. The molecule has 18 heavy (non-hydrogen) atoms. The molecular formula is C13H10BrClN2O. The van der Waals surface area contributed by atoms with Crippen molar-refractivity contribution in [2.45, 2.75) is 0 Å². The predicted octanol–water partition coefficient (Wildman–Crippen LogP) is 3.77. The van der Waals surface area contributed by atoms with Crippen LogP contribution in [-0.4, -0.2) is 17.9 Å². The van der Waals surface area contributed by atoms with E-state index in [1.54, 1.807) is 54.7 Å². The number of hydrogen-bond donors (Lipinski definition) is 0. The summed E-state index contributed by atoms with van der Waals surface area (Å²) in [5.41, 5.74) is 1.36. The maximum Gasteiger partial charge on any atom is 0.259 e. The zero-order chi connectivity index (χ0) is 13.1. The van der Waals surface area contributed by atoms with Gasteiger partial charge in [0, 0.05) is 34.6 Å². The van der Waals surface area contributed by atoms with Crippen LogP contribution < -0.4 is 4.90 Å². The van der Waals surface area contributed by atoms with Crippen molar-refractivity contribution in [3.63, 3.8) is 0 Å². The van der Waals surface area contributed by atoms with Crippen LogP contribution in [0.1, 0.15) is 10.4 Å². The molecule has 3 nitrogen and oxygen atoms in total. The second kappa shape index (κ2) is 5.50. The third-order valence-electron chi connectivity index (χ3n) is 2.52. The van der Waals surface area contributed by atoms with Crippen LogP contribution in [0.25, 0.3) is 0 Å². The van der Waals surface area contributed by atoms with E-state index in [1.165, 1.54) is 0 Å².